The predicted octanol–water partition coefficient (Wildman–Crippen LogP) is 8.07. The molecule has 0 aliphatic carbocycles. The van der Waals surface area contributed by atoms with Crippen LogP contribution in [-0.2, 0) is 16.0 Å². The third kappa shape index (κ3) is 5.67. The average Bonchev–Trinajstić information content (AvgIpc) is 3.32. The van der Waals surface area contributed by atoms with E-state index in [0.29, 0.717) is 22.4 Å². The van der Waals surface area contributed by atoms with E-state index in [1.54, 1.807) is 0 Å². The molecule has 1 aliphatic heterocycles. The molecule has 1 amide bonds. The van der Waals surface area contributed by atoms with Crippen LogP contribution in [0.2, 0.25) is 5.02 Å². The molecule has 0 saturated carbocycles. The van der Waals surface area contributed by atoms with Crippen LogP contribution in [0.4, 0.5) is 11.6 Å². The lowest BCUT2D eigenvalue weighted by Crippen LogP contribution is -2.31. The molecule has 1 aromatic heterocycles. The van der Waals surface area contributed by atoms with E-state index in [1.165, 1.54) is 17.3 Å². The highest BCUT2D eigenvalue weighted by Crippen LogP contribution is 2.38. The molecule has 1 unspecified atom stereocenters. The summed E-state index contributed by atoms with van der Waals surface area (Å²) >= 11 is 7.89. The van der Waals surface area contributed by atoms with Gasteiger partial charge in [-0.25, -0.2) is 4.68 Å². The fourth-order valence-electron chi connectivity index (χ4n) is 4.79. The molecule has 40 heavy (non-hydrogen) atoms. The minimum Gasteiger partial charge on any atom is -0.328 e. The highest BCUT2D eigenvalue weighted by Gasteiger charge is 2.35. The number of allylic oxidation sites excluding steroid dienone is 1. The van der Waals surface area contributed by atoms with Crippen molar-refractivity contribution in [2.24, 2.45) is 0 Å². The SMILES string of the molecule is CC1=C(C(=O)Nc2cccc(C)c2C)C(c2ccc(C(C)(C)C)cc2)n2nc(SCc3ccccc3Cl)nc2N1. The zero-order chi connectivity index (χ0) is 28.6. The number of anilines is 2. The Morgan fingerprint density at radius 3 is 2.45 bits per heavy atom. The fourth-order valence-corrected chi connectivity index (χ4v) is 5.91. The van der Waals surface area contributed by atoms with Crippen molar-refractivity contribution in [2.75, 3.05) is 10.6 Å². The molecule has 0 saturated heterocycles. The van der Waals surface area contributed by atoms with Gasteiger partial charge in [-0.2, -0.15) is 4.98 Å². The number of carbonyl (C=O) groups is 1. The van der Waals surface area contributed by atoms with Gasteiger partial charge < -0.3 is 10.6 Å². The highest BCUT2D eigenvalue weighted by atomic mass is 35.5. The van der Waals surface area contributed by atoms with Gasteiger partial charge in [0.2, 0.25) is 11.1 Å². The van der Waals surface area contributed by atoms with Crippen LogP contribution < -0.4 is 10.6 Å². The lowest BCUT2D eigenvalue weighted by atomic mass is 9.85. The van der Waals surface area contributed by atoms with Gasteiger partial charge >= 0.3 is 0 Å². The van der Waals surface area contributed by atoms with E-state index in [-0.39, 0.29) is 11.3 Å². The number of amides is 1. The fraction of sp³-hybridized carbons (Fsp3) is 0.281. The number of halogens is 1. The van der Waals surface area contributed by atoms with E-state index in [0.717, 1.165) is 38.7 Å². The summed E-state index contributed by atoms with van der Waals surface area (Å²) in [6.07, 6.45) is 0. The molecule has 8 heteroatoms. The van der Waals surface area contributed by atoms with Crippen molar-refractivity contribution in [1.29, 1.82) is 0 Å². The number of aryl methyl sites for hydroxylation is 1. The van der Waals surface area contributed by atoms with E-state index in [1.807, 2.05) is 67.9 Å². The summed E-state index contributed by atoms with van der Waals surface area (Å²) in [6, 6.07) is 21.7. The van der Waals surface area contributed by atoms with E-state index >= 15 is 0 Å². The van der Waals surface area contributed by atoms with Crippen LogP contribution in [0.3, 0.4) is 0 Å². The second-order valence-corrected chi connectivity index (χ2v) is 12.5. The average molecular weight is 572 g/mol. The van der Waals surface area contributed by atoms with E-state index in [4.69, 9.17) is 21.7 Å². The van der Waals surface area contributed by atoms with Crippen LogP contribution in [0.5, 0.6) is 0 Å². The maximum atomic E-state index is 13.9. The number of nitrogens with one attached hydrogen (secondary N) is 2. The number of fused-ring (bicyclic) bond motifs is 1. The zero-order valence-corrected chi connectivity index (χ0v) is 25.2. The Labute approximate surface area is 245 Å². The molecular formula is C32H34ClN5OS. The summed E-state index contributed by atoms with van der Waals surface area (Å²) in [5.41, 5.74) is 7.54. The topological polar surface area (TPSA) is 71.8 Å². The third-order valence-corrected chi connectivity index (χ3v) is 8.59. The molecule has 1 aliphatic rings. The summed E-state index contributed by atoms with van der Waals surface area (Å²) in [4.78, 5) is 18.7. The van der Waals surface area contributed by atoms with Crippen molar-refractivity contribution < 1.29 is 4.79 Å². The van der Waals surface area contributed by atoms with Gasteiger partial charge in [0.25, 0.3) is 5.91 Å². The standard InChI is InChI=1S/C32H34ClN5OS/c1-19-10-9-13-26(20(19)2)35-29(39)27-21(3)34-30-36-31(40-18-23-11-7-8-12-25(23)33)37-38(30)28(27)22-14-16-24(17-15-22)32(4,5)6/h7-17,28H,18H2,1-6H3,(H,35,39)(H,34,36,37). The number of hydrogen-bond acceptors (Lipinski definition) is 5. The maximum absolute atomic E-state index is 13.9. The monoisotopic (exact) mass is 571 g/mol. The summed E-state index contributed by atoms with van der Waals surface area (Å²) in [6.45, 7) is 12.6. The molecule has 2 heterocycles. The molecule has 3 aromatic carbocycles. The first-order chi connectivity index (χ1) is 19.0. The first-order valence-corrected chi connectivity index (χ1v) is 14.7. The van der Waals surface area contributed by atoms with Crippen LogP contribution >= 0.6 is 23.4 Å². The summed E-state index contributed by atoms with van der Waals surface area (Å²) in [5, 5.41) is 12.7. The van der Waals surface area contributed by atoms with Crippen molar-refractivity contribution in [3.63, 3.8) is 0 Å². The number of carbonyl (C=O) groups excluding carboxylic acids is 1. The van der Waals surface area contributed by atoms with Gasteiger partial charge in [0, 0.05) is 22.2 Å². The first kappa shape index (κ1) is 28.0. The summed E-state index contributed by atoms with van der Waals surface area (Å²) in [7, 11) is 0. The van der Waals surface area contributed by atoms with E-state index in [9.17, 15) is 4.79 Å². The van der Waals surface area contributed by atoms with Crippen molar-refractivity contribution in [1.82, 2.24) is 14.8 Å². The van der Waals surface area contributed by atoms with E-state index < -0.39 is 6.04 Å². The van der Waals surface area contributed by atoms with Gasteiger partial charge in [-0.05, 0) is 66.1 Å². The van der Waals surface area contributed by atoms with Gasteiger partial charge in [-0.3, -0.25) is 4.79 Å². The molecular weight excluding hydrogens is 538 g/mol. The molecule has 5 rings (SSSR count). The highest BCUT2D eigenvalue weighted by molar-refractivity contribution is 7.98. The molecule has 6 nitrogen and oxygen atoms in total. The summed E-state index contributed by atoms with van der Waals surface area (Å²) < 4.78 is 1.83. The Kier molecular flexibility index (Phi) is 7.80. The van der Waals surface area contributed by atoms with Gasteiger partial charge in [-0.1, -0.05) is 98.7 Å². The van der Waals surface area contributed by atoms with Crippen molar-refractivity contribution >= 4 is 40.9 Å². The second-order valence-electron chi connectivity index (χ2n) is 11.2. The number of benzene rings is 3. The molecule has 0 bridgehead atoms. The number of aromatic nitrogens is 3. The van der Waals surface area contributed by atoms with Gasteiger partial charge in [0.15, 0.2) is 0 Å². The Bertz CT molecular complexity index is 1600. The second kappa shape index (κ2) is 11.1. The van der Waals surface area contributed by atoms with Crippen LogP contribution in [0, 0.1) is 13.8 Å². The molecule has 0 fully saturated rings. The normalized spacial score (nSPS) is 15.0. The lowest BCUT2D eigenvalue weighted by Gasteiger charge is -2.29. The van der Waals surface area contributed by atoms with Crippen LogP contribution in [0.25, 0.3) is 0 Å². The molecule has 1 atom stereocenters. The van der Waals surface area contributed by atoms with Gasteiger partial charge in [-0.15, -0.1) is 5.10 Å². The van der Waals surface area contributed by atoms with Crippen molar-refractivity contribution in [2.45, 2.75) is 63.9 Å². The minimum atomic E-state index is -0.447. The Balaban J connectivity index is 1.53. The largest absolute Gasteiger partial charge is 0.328 e. The van der Waals surface area contributed by atoms with Crippen molar-refractivity contribution in [3.05, 3.63) is 111 Å². The third-order valence-electron chi connectivity index (χ3n) is 7.34. The number of nitrogens with zero attached hydrogens (tertiary/aromatic N) is 3. The van der Waals surface area contributed by atoms with Crippen LogP contribution in [0.15, 0.2) is 83.2 Å². The number of rotatable bonds is 6. The van der Waals surface area contributed by atoms with Crippen LogP contribution in [-0.4, -0.2) is 20.7 Å². The molecule has 4 aromatic rings. The Morgan fingerprint density at radius 1 is 1.02 bits per heavy atom. The van der Waals surface area contributed by atoms with Crippen molar-refractivity contribution in [3.8, 4) is 0 Å². The Morgan fingerprint density at radius 2 is 1.75 bits per heavy atom. The molecule has 0 radical (unpaired) electrons. The minimum absolute atomic E-state index is 0.0161. The first-order valence-electron chi connectivity index (χ1n) is 13.3. The van der Waals surface area contributed by atoms with Crippen LogP contribution in [0.1, 0.15) is 61.6 Å². The predicted molar refractivity (Wildman–Crippen MR) is 165 cm³/mol. The number of thioether (sulfide) groups is 1. The molecule has 0 spiro atoms. The quantitative estimate of drug-likeness (QED) is 0.229. The van der Waals surface area contributed by atoms with Gasteiger partial charge in [0.1, 0.15) is 6.04 Å². The summed E-state index contributed by atoms with van der Waals surface area (Å²) in [5.74, 6) is 1.07. The maximum Gasteiger partial charge on any atom is 0.255 e. The zero-order valence-electron chi connectivity index (χ0n) is 23.7. The lowest BCUT2D eigenvalue weighted by molar-refractivity contribution is -0.113. The van der Waals surface area contributed by atoms with Gasteiger partial charge in [0.05, 0.1) is 5.57 Å². The number of hydrogen-bond donors (Lipinski definition) is 2. The molecule has 2 N–H and O–H groups in total. The smallest absolute Gasteiger partial charge is 0.255 e. The molecule has 206 valence electrons. The van der Waals surface area contributed by atoms with E-state index in [2.05, 4.69) is 55.7 Å². The Hall–Kier alpha value is -3.55.